The summed E-state index contributed by atoms with van der Waals surface area (Å²) in [6.45, 7) is 4.27. The van der Waals surface area contributed by atoms with Crippen LogP contribution in [0.15, 0.2) is 36.7 Å². The van der Waals surface area contributed by atoms with Crippen LogP contribution in [0.1, 0.15) is 25.8 Å². The molecule has 1 aromatic carbocycles. The van der Waals surface area contributed by atoms with Crippen LogP contribution < -0.4 is 5.32 Å². The van der Waals surface area contributed by atoms with Crippen molar-refractivity contribution in [1.82, 2.24) is 20.0 Å². The molecule has 0 radical (unpaired) electrons. The smallest absolute Gasteiger partial charge is 0.325 e. The predicted molar refractivity (Wildman–Crippen MR) is 91.0 cm³/mol. The summed E-state index contributed by atoms with van der Waals surface area (Å²) >= 11 is 0. The molecule has 0 unspecified atom stereocenters. The Labute approximate surface area is 141 Å². The van der Waals surface area contributed by atoms with Crippen LogP contribution in [-0.4, -0.2) is 32.7 Å². The zero-order valence-electron chi connectivity index (χ0n) is 14.2. The van der Waals surface area contributed by atoms with Crippen molar-refractivity contribution < 1.29 is 9.59 Å². The molecule has 24 heavy (non-hydrogen) atoms. The molecule has 126 valence electrons. The number of hydrogen-bond donors (Lipinski definition) is 1. The average Bonchev–Trinajstić information content (AvgIpc) is 3.13. The summed E-state index contributed by atoms with van der Waals surface area (Å²) in [5, 5.41) is 7.01. The molecule has 3 amide bonds. The lowest BCUT2D eigenvalue weighted by atomic mass is 9.99. The molecule has 3 rings (SSSR count). The summed E-state index contributed by atoms with van der Waals surface area (Å²) in [7, 11) is 1.86. The predicted octanol–water partition coefficient (Wildman–Crippen LogP) is 2.55. The minimum atomic E-state index is -0.423. The number of amides is 3. The summed E-state index contributed by atoms with van der Waals surface area (Å²) in [6.07, 6.45) is 4.55. The SMILES string of the molecule is CC[C@H](C)[C@H]1NC(=O)N(Cc2ccccc2-c2cnn(C)c2)C1=O. The van der Waals surface area contributed by atoms with Gasteiger partial charge in [0.2, 0.25) is 0 Å². The van der Waals surface area contributed by atoms with Gasteiger partial charge in [-0.15, -0.1) is 0 Å². The van der Waals surface area contributed by atoms with Gasteiger partial charge in [0.15, 0.2) is 0 Å². The lowest BCUT2D eigenvalue weighted by Gasteiger charge is -2.17. The molecule has 2 heterocycles. The molecule has 1 saturated heterocycles. The fraction of sp³-hybridized carbons (Fsp3) is 0.389. The van der Waals surface area contributed by atoms with Gasteiger partial charge in [-0.3, -0.25) is 14.4 Å². The van der Waals surface area contributed by atoms with Crippen LogP contribution in [0, 0.1) is 5.92 Å². The highest BCUT2D eigenvalue weighted by Gasteiger charge is 2.40. The number of nitrogens with one attached hydrogen (secondary N) is 1. The Kier molecular flexibility index (Phi) is 4.38. The summed E-state index contributed by atoms with van der Waals surface area (Å²) in [5.74, 6) is -0.0182. The maximum absolute atomic E-state index is 12.6. The maximum atomic E-state index is 12.6. The van der Waals surface area contributed by atoms with Crippen LogP contribution in [-0.2, 0) is 18.4 Å². The van der Waals surface area contributed by atoms with Crippen molar-refractivity contribution in [2.45, 2.75) is 32.9 Å². The molecular formula is C18H22N4O2. The number of hydrogen-bond acceptors (Lipinski definition) is 3. The normalized spacial score (nSPS) is 18.8. The number of urea groups is 1. The van der Waals surface area contributed by atoms with E-state index in [0.717, 1.165) is 23.1 Å². The number of carbonyl (C=O) groups excluding carboxylic acids is 2. The Balaban J connectivity index is 1.87. The summed E-state index contributed by atoms with van der Waals surface area (Å²) in [4.78, 5) is 26.2. The van der Waals surface area contributed by atoms with Gasteiger partial charge in [-0.2, -0.15) is 5.10 Å². The highest BCUT2D eigenvalue weighted by atomic mass is 16.2. The third kappa shape index (κ3) is 2.91. The second kappa shape index (κ2) is 6.47. The van der Waals surface area contributed by atoms with Crippen molar-refractivity contribution in [1.29, 1.82) is 0 Å². The number of aromatic nitrogens is 2. The van der Waals surface area contributed by atoms with Crippen LogP contribution in [0.2, 0.25) is 0 Å². The Morgan fingerprint density at radius 2 is 2.04 bits per heavy atom. The van der Waals surface area contributed by atoms with Gasteiger partial charge in [0.25, 0.3) is 5.91 Å². The van der Waals surface area contributed by atoms with Crippen LogP contribution in [0.3, 0.4) is 0 Å². The van der Waals surface area contributed by atoms with Crippen LogP contribution >= 0.6 is 0 Å². The molecule has 6 nitrogen and oxygen atoms in total. The van der Waals surface area contributed by atoms with Gasteiger partial charge in [-0.25, -0.2) is 4.79 Å². The number of benzene rings is 1. The van der Waals surface area contributed by atoms with Gasteiger partial charge < -0.3 is 5.32 Å². The number of aryl methyl sites for hydroxylation is 1. The van der Waals surface area contributed by atoms with Gasteiger partial charge in [-0.05, 0) is 17.0 Å². The standard InChI is InChI=1S/C18H22N4O2/c1-4-12(2)16-17(23)22(18(24)20-16)11-13-7-5-6-8-15(13)14-9-19-21(3)10-14/h5-10,12,16H,4,11H2,1-3H3,(H,20,24)/t12-,16+/m0/s1. The Morgan fingerprint density at radius 3 is 2.71 bits per heavy atom. The second-order valence-corrected chi connectivity index (χ2v) is 6.30. The molecule has 1 aromatic heterocycles. The molecule has 0 spiro atoms. The van der Waals surface area contributed by atoms with Crippen LogP contribution in [0.4, 0.5) is 4.79 Å². The van der Waals surface area contributed by atoms with E-state index in [2.05, 4.69) is 10.4 Å². The summed E-state index contributed by atoms with van der Waals surface area (Å²) < 4.78 is 1.73. The number of imide groups is 1. The Hall–Kier alpha value is -2.63. The quantitative estimate of drug-likeness (QED) is 0.859. The van der Waals surface area contributed by atoms with Crippen molar-refractivity contribution in [3.63, 3.8) is 0 Å². The van der Waals surface area contributed by atoms with Gasteiger partial charge in [0.1, 0.15) is 6.04 Å². The molecule has 1 aliphatic heterocycles. The zero-order valence-corrected chi connectivity index (χ0v) is 14.2. The van der Waals surface area contributed by atoms with E-state index in [1.807, 2.05) is 51.4 Å². The lowest BCUT2D eigenvalue weighted by Crippen LogP contribution is -2.35. The molecular weight excluding hydrogens is 304 g/mol. The van der Waals surface area contributed by atoms with E-state index in [1.165, 1.54) is 4.90 Å². The number of rotatable bonds is 5. The first-order chi connectivity index (χ1) is 11.5. The Morgan fingerprint density at radius 1 is 1.29 bits per heavy atom. The van der Waals surface area contributed by atoms with Crippen molar-refractivity contribution >= 4 is 11.9 Å². The Bertz CT molecular complexity index is 768. The van der Waals surface area contributed by atoms with E-state index < -0.39 is 6.04 Å². The van der Waals surface area contributed by atoms with E-state index in [0.29, 0.717) is 0 Å². The zero-order chi connectivity index (χ0) is 17.3. The monoisotopic (exact) mass is 326 g/mol. The third-order valence-electron chi connectivity index (χ3n) is 4.63. The average molecular weight is 326 g/mol. The third-order valence-corrected chi connectivity index (χ3v) is 4.63. The van der Waals surface area contributed by atoms with Crippen molar-refractivity contribution in [3.8, 4) is 11.1 Å². The van der Waals surface area contributed by atoms with E-state index in [4.69, 9.17) is 0 Å². The number of carbonyl (C=O) groups is 2. The van der Waals surface area contributed by atoms with Gasteiger partial charge in [-0.1, -0.05) is 44.5 Å². The first-order valence-corrected chi connectivity index (χ1v) is 8.20. The minimum Gasteiger partial charge on any atom is -0.326 e. The molecule has 1 N–H and O–H groups in total. The first-order valence-electron chi connectivity index (χ1n) is 8.20. The minimum absolute atomic E-state index is 0.125. The summed E-state index contributed by atoms with van der Waals surface area (Å²) in [5.41, 5.74) is 2.88. The molecule has 2 aromatic rings. The highest BCUT2D eigenvalue weighted by molar-refractivity contribution is 6.04. The van der Waals surface area contributed by atoms with E-state index in [-0.39, 0.29) is 24.4 Å². The topological polar surface area (TPSA) is 67.2 Å². The molecule has 6 heteroatoms. The van der Waals surface area contributed by atoms with Gasteiger partial charge in [0, 0.05) is 18.8 Å². The fourth-order valence-corrected chi connectivity index (χ4v) is 2.98. The van der Waals surface area contributed by atoms with E-state index in [9.17, 15) is 9.59 Å². The fourth-order valence-electron chi connectivity index (χ4n) is 2.98. The van der Waals surface area contributed by atoms with Crippen molar-refractivity contribution in [3.05, 3.63) is 42.2 Å². The largest absolute Gasteiger partial charge is 0.326 e. The van der Waals surface area contributed by atoms with Crippen molar-refractivity contribution in [2.24, 2.45) is 13.0 Å². The van der Waals surface area contributed by atoms with Crippen LogP contribution in [0.5, 0.6) is 0 Å². The molecule has 2 atom stereocenters. The molecule has 1 fully saturated rings. The molecule has 0 saturated carbocycles. The van der Waals surface area contributed by atoms with Gasteiger partial charge >= 0.3 is 6.03 Å². The van der Waals surface area contributed by atoms with Crippen LogP contribution in [0.25, 0.3) is 11.1 Å². The first kappa shape index (κ1) is 16.2. The molecule has 0 bridgehead atoms. The second-order valence-electron chi connectivity index (χ2n) is 6.30. The van der Waals surface area contributed by atoms with Crippen molar-refractivity contribution in [2.75, 3.05) is 0 Å². The lowest BCUT2D eigenvalue weighted by molar-refractivity contribution is -0.128. The highest BCUT2D eigenvalue weighted by Crippen LogP contribution is 2.26. The van der Waals surface area contributed by atoms with Gasteiger partial charge in [0.05, 0.1) is 12.7 Å². The molecule has 1 aliphatic rings. The maximum Gasteiger partial charge on any atom is 0.325 e. The molecule has 0 aliphatic carbocycles. The summed E-state index contributed by atoms with van der Waals surface area (Å²) in [6, 6.07) is 7.05. The van der Waals surface area contributed by atoms with E-state index in [1.54, 1.807) is 10.9 Å². The number of nitrogens with zero attached hydrogens (tertiary/aromatic N) is 3. The van der Waals surface area contributed by atoms with E-state index >= 15 is 0 Å².